The maximum atomic E-state index is 13.3. The molecule has 0 aromatic heterocycles. The summed E-state index contributed by atoms with van der Waals surface area (Å²) >= 11 is 0. The van der Waals surface area contributed by atoms with Crippen molar-refractivity contribution in [3.8, 4) is 0 Å². The monoisotopic (exact) mass is 193 g/mol. The number of nitrogens with two attached hydrogens (primary N) is 1. The van der Waals surface area contributed by atoms with Crippen LogP contribution in [-0.2, 0) is 0 Å². The summed E-state index contributed by atoms with van der Waals surface area (Å²) in [6.45, 7) is 4.61. The lowest BCUT2D eigenvalue weighted by molar-refractivity contribution is 0.623. The normalized spacial score (nSPS) is 11.5. The zero-order chi connectivity index (χ0) is 10.6. The van der Waals surface area contributed by atoms with Crippen molar-refractivity contribution in [1.29, 1.82) is 0 Å². The molecule has 0 heterocycles. The zero-order valence-electron chi connectivity index (χ0n) is 8.63. The molecule has 0 spiro atoms. The van der Waals surface area contributed by atoms with Gasteiger partial charge in [-0.2, -0.15) is 0 Å². The predicted molar refractivity (Wildman–Crippen MR) is 58.6 cm³/mol. The molecule has 1 aromatic rings. The average molecular weight is 193 g/mol. The highest BCUT2D eigenvalue weighted by Crippen LogP contribution is 2.18. The van der Waals surface area contributed by atoms with E-state index in [1.165, 1.54) is 6.07 Å². The Kier molecular flexibility index (Phi) is 3.84. The van der Waals surface area contributed by atoms with Crippen LogP contribution in [0.1, 0.15) is 30.9 Å². The van der Waals surface area contributed by atoms with Crippen molar-refractivity contribution in [2.24, 2.45) is 5.73 Å². The first-order valence-corrected chi connectivity index (χ1v) is 4.81. The Morgan fingerprint density at radius 2 is 2.14 bits per heavy atom. The van der Waals surface area contributed by atoms with Gasteiger partial charge in [0, 0.05) is 12.1 Å². The first kappa shape index (κ1) is 10.9. The van der Waals surface area contributed by atoms with E-state index in [1.807, 2.05) is 12.1 Å². The van der Waals surface area contributed by atoms with Crippen molar-refractivity contribution in [2.75, 3.05) is 6.54 Å². The van der Waals surface area contributed by atoms with Gasteiger partial charge in [0.25, 0.3) is 0 Å². The number of rotatable bonds is 3. The van der Waals surface area contributed by atoms with Crippen LogP contribution in [0.3, 0.4) is 0 Å². The molecule has 0 fully saturated rings. The second-order valence-electron chi connectivity index (χ2n) is 3.57. The Morgan fingerprint density at radius 3 is 2.71 bits per heavy atom. The van der Waals surface area contributed by atoms with Gasteiger partial charge in [-0.1, -0.05) is 32.1 Å². The largest absolute Gasteiger partial charge is 0.327 e. The van der Waals surface area contributed by atoms with E-state index in [1.54, 1.807) is 12.2 Å². The van der Waals surface area contributed by atoms with Crippen molar-refractivity contribution >= 4 is 6.08 Å². The van der Waals surface area contributed by atoms with Crippen LogP contribution in [-0.4, -0.2) is 6.54 Å². The second kappa shape index (κ2) is 4.91. The van der Waals surface area contributed by atoms with Crippen molar-refractivity contribution in [3.63, 3.8) is 0 Å². The molecule has 1 rings (SSSR count). The maximum Gasteiger partial charge on any atom is 0.130 e. The molecular formula is C12H16FN. The summed E-state index contributed by atoms with van der Waals surface area (Å²) in [5, 5.41) is 0. The first-order valence-electron chi connectivity index (χ1n) is 4.81. The summed E-state index contributed by atoms with van der Waals surface area (Å²) in [5.74, 6) is 0.222. The number of benzene rings is 1. The molecule has 0 radical (unpaired) electrons. The minimum Gasteiger partial charge on any atom is -0.327 e. The first-order chi connectivity index (χ1) is 6.65. The summed E-state index contributed by atoms with van der Waals surface area (Å²) in [4.78, 5) is 0. The summed E-state index contributed by atoms with van der Waals surface area (Å²) in [6, 6.07) is 5.19. The van der Waals surface area contributed by atoms with Gasteiger partial charge in [-0.25, -0.2) is 4.39 Å². The predicted octanol–water partition coefficient (Wildman–Crippen LogP) is 2.92. The molecule has 0 saturated carbocycles. The van der Waals surface area contributed by atoms with Crippen LogP contribution in [0.4, 0.5) is 4.39 Å². The third kappa shape index (κ3) is 2.67. The quantitative estimate of drug-likeness (QED) is 0.784. The lowest BCUT2D eigenvalue weighted by atomic mass is 10.0. The van der Waals surface area contributed by atoms with Gasteiger partial charge in [0.1, 0.15) is 5.82 Å². The Balaban J connectivity index is 3.02. The molecule has 0 unspecified atom stereocenters. The Morgan fingerprint density at radius 1 is 1.43 bits per heavy atom. The van der Waals surface area contributed by atoms with Crippen molar-refractivity contribution in [2.45, 2.75) is 19.8 Å². The highest BCUT2D eigenvalue weighted by molar-refractivity contribution is 5.51. The van der Waals surface area contributed by atoms with Crippen LogP contribution in [0.25, 0.3) is 6.08 Å². The minimum atomic E-state index is -0.195. The summed E-state index contributed by atoms with van der Waals surface area (Å²) in [5.41, 5.74) is 7.07. The molecule has 0 atom stereocenters. The molecule has 76 valence electrons. The molecule has 0 amide bonds. The number of halogens is 1. The summed E-state index contributed by atoms with van der Waals surface area (Å²) < 4.78 is 13.3. The van der Waals surface area contributed by atoms with Gasteiger partial charge in [-0.05, 0) is 23.6 Å². The van der Waals surface area contributed by atoms with Gasteiger partial charge < -0.3 is 5.73 Å². The van der Waals surface area contributed by atoms with Crippen LogP contribution in [0.5, 0.6) is 0 Å². The zero-order valence-corrected chi connectivity index (χ0v) is 8.63. The van der Waals surface area contributed by atoms with Gasteiger partial charge >= 0.3 is 0 Å². The van der Waals surface area contributed by atoms with Crippen LogP contribution < -0.4 is 5.73 Å². The second-order valence-corrected chi connectivity index (χ2v) is 3.57. The lowest BCUT2D eigenvalue weighted by Gasteiger charge is -2.06. The third-order valence-corrected chi connectivity index (χ3v) is 2.12. The molecule has 0 aliphatic carbocycles. The van der Waals surface area contributed by atoms with E-state index >= 15 is 0 Å². The van der Waals surface area contributed by atoms with E-state index in [0.29, 0.717) is 18.0 Å². The molecule has 1 nitrogen and oxygen atoms in total. The van der Waals surface area contributed by atoms with E-state index in [0.717, 1.165) is 5.56 Å². The van der Waals surface area contributed by atoms with Crippen molar-refractivity contribution in [1.82, 2.24) is 0 Å². The maximum absolute atomic E-state index is 13.3. The molecule has 0 saturated heterocycles. The molecular weight excluding hydrogens is 177 g/mol. The standard InChI is InChI=1S/C12H16FN/c1-9(2)10-5-6-12(13)11(8-10)4-3-7-14/h3-6,8-9H,7,14H2,1-2H3/b4-3+. The van der Waals surface area contributed by atoms with Gasteiger partial charge in [-0.15, -0.1) is 0 Å². The van der Waals surface area contributed by atoms with E-state index < -0.39 is 0 Å². The highest BCUT2D eigenvalue weighted by atomic mass is 19.1. The molecule has 0 aliphatic rings. The number of hydrogen-bond acceptors (Lipinski definition) is 1. The molecule has 14 heavy (non-hydrogen) atoms. The fraction of sp³-hybridized carbons (Fsp3) is 0.333. The SMILES string of the molecule is CC(C)c1ccc(F)c(/C=C/CN)c1. The topological polar surface area (TPSA) is 26.0 Å². The van der Waals surface area contributed by atoms with E-state index in [2.05, 4.69) is 13.8 Å². The lowest BCUT2D eigenvalue weighted by Crippen LogP contribution is -1.94. The van der Waals surface area contributed by atoms with E-state index in [4.69, 9.17) is 5.73 Å². The van der Waals surface area contributed by atoms with Gasteiger partial charge in [0.2, 0.25) is 0 Å². The Bertz CT molecular complexity index is 329. The molecule has 0 aliphatic heterocycles. The van der Waals surface area contributed by atoms with Gasteiger partial charge in [0.15, 0.2) is 0 Å². The van der Waals surface area contributed by atoms with Crippen LogP contribution in [0, 0.1) is 5.82 Å². The van der Waals surface area contributed by atoms with Gasteiger partial charge in [0.05, 0.1) is 0 Å². The van der Waals surface area contributed by atoms with Crippen molar-refractivity contribution < 1.29 is 4.39 Å². The summed E-state index contributed by atoms with van der Waals surface area (Å²) in [7, 11) is 0. The fourth-order valence-corrected chi connectivity index (χ4v) is 1.24. The molecule has 2 heteroatoms. The smallest absolute Gasteiger partial charge is 0.130 e. The molecule has 2 N–H and O–H groups in total. The van der Waals surface area contributed by atoms with Crippen LogP contribution in [0.2, 0.25) is 0 Å². The van der Waals surface area contributed by atoms with E-state index in [-0.39, 0.29) is 5.82 Å². The highest BCUT2D eigenvalue weighted by Gasteiger charge is 2.03. The summed E-state index contributed by atoms with van der Waals surface area (Å²) in [6.07, 6.45) is 3.48. The third-order valence-electron chi connectivity index (χ3n) is 2.12. The van der Waals surface area contributed by atoms with Crippen LogP contribution >= 0.6 is 0 Å². The molecule has 0 bridgehead atoms. The Hall–Kier alpha value is -1.15. The number of hydrogen-bond donors (Lipinski definition) is 1. The average Bonchev–Trinajstić information content (AvgIpc) is 2.16. The Labute approximate surface area is 84.4 Å². The fourth-order valence-electron chi connectivity index (χ4n) is 1.24. The van der Waals surface area contributed by atoms with Crippen LogP contribution in [0.15, 0.2) is 24.3 Å². The minimum absolute atomic E-state index is 0.195. The van der Waals surface area contributed by atoms with Crippen molar-refractivity contribution in [3.05, 3.63) is 41.2 Å². The molecule has 1 aromatic carbocycles. The van der Waals surface area contributed by atoms with E-state index in [9.17, 15) is 4.39 Å². The van der Waals surface area contributed by atoms with Gasteiger partial charge in [-0.3, -0.25) is 0 Å².